The second kappa shape index (κ2) is 5.93. The third kappa shape index (κ3) is 5.06. The largest absolute Gasteiger partial charge is 0.394 e. The molecule has 72 valence electrons. The number of amides is 1. The Labute approximate surface area is 71.6 Å². The summed E-state index contributed by atoms with van der Waals surface area (Å²) < 4.78 is 0. The predicted molar refractivity (Wildman–Crippen MR) is 44.4 cm³/mol. The Morgan fingerprint density at radius 2 is 2.25 bits per heavy atom. The van der Waals surface area contributed by atoms with Crippen molar-refractivity contribution in [3.8, 4) is 0 Å². The number of rotatable bonds is 5. The van der Waals surface area contributed by atoms with Gasteiger partial charge in [-0.25, -0.2) is 0 Å². The van der Waals surface area contributed by atoms with Gasteiger partial charge in [0.2, 0.25) is 5.91 Å². The molecule has 5 N–H and O–H groups in total. The Morgan fingerprint density at radius 1 is 1.67 bits per heavy atom. The van der Waals surface area contributed by atoms with Gasteiger partial charge in [-0.15, -0.1) is 0 Å². The second-order valence-corrected chi connectivity index (χ2v) is 2.74. The molecule has 0 saturated heterocycles. The van der Waals surface area contributed by atoms with E-state index in [1.807, 2.05) is 0 Å². The van der Waals surface area contributed by atoms with Gasteiger partial charge < -0.3 is 21.3 Å². The number of nitrogens with two attached hydrogens (primary N) is 1. The molecule has 0 aliphatic heterocycles. The van der Waals surface area contributed by atoms with E-state index in [2.05, 4.69) is 5.32 Å². The molecule has 0 radical (unpaired) electrons. The first-order valence-electron chi connectivity index (χ1n) is 3.88. The maximum absolute atomic E-state index is 10.9. The molecular formula is C7H16N2O3. The van der Waals surface area contributed by atoms with Gasteiger partial charge in [-0.3, -0.25) is 4.79 Å². The van der Waals surface area contributed by atoms with Crippen molar-refractivity contribution < 1.29 is 15.0 Å². The molecule has 0 saturated carbocycles. The summed E-state index contributed by atoms with van der Waals surface area (Å²) >= 11 is 0. The average molecular weight is 176 g/mol. The van der Waals surface area contributed by atoms with Crippen LogP contribution >= 0.6 is 0 Å². The minimum Gasteiger partial charge on any atom is -0.394 e. The normalized spacial score (nSPS) is 15.3. The van der Waals surface area contributed by atoms with E-state index in [1.54, 1.807) is 0 Å². The molecule has 0 aromatic heterocycles. The van der Waals surface area contributed by atoms with Crippen LogP contribution in [-0.4, -0.2) is 41.4 Å². The fourth-order valence-corrected chi connectivity index (χ4v) is 0.734. The van der Waals surface area contributed by atoms with Crippen LogP contribution in [0.5, 0.6) is 0 Å². The van der Waals surface area contributed by atoms with Crippen LogP contribution in [0.15, 0.2) is 0 Å². The Kier molecular flexibility index (Phi) is 5.61. The summed E-state index contributed by atoms with van der Waals surface area (Å²) in [4.78, 5) is 10.9. The van der Waals surface area contributed by atoms with Crippen molar-refractivity contribution >= 4 is 5.91 Å². The molecule has 0 spiro atoms. The number of carbonyl (C=O) groups excluding carboxylic acids is 1. The number of nitrogens with one attached hydrogen (secondary N) is 1. The average Bonchev–Trinajstić information content (AvgIpc) is 1.98. The van der Waals surface area contributed by atoms with Crippen LogP contribution in [0.1, 0.15) is 13.3 Å². The van der Waals surface area contributed by atoms with Crippen LogP contribution in [0.3, 0.4) is 0 Å². The number of aliphatic hydroxyl groups excluding tert-OH is 2. The molecule has 5 heteroatoms. The first kappa shape index (κ1) is 11.4. The van der Waals surface area contributed by atoms with Gasteiger partial charge >= 0.3 is 0 Å². The summed E-state index contributed by atoms with van der Waals surface area (Å²) in [6.45, 7) is 1.54. The van der Waals surface area contributed by atoms with E-state index in [1.165, 1.54) is 6.92 Å². The zero-order valence-corrected chi connectivity index (χ0v) is 7.16. The van der Waals surface area contributed by atoms with Gasteiger partial charge in [0.1, 0.15) is 0 Å². The Bertz CT molecular complexity index is 135. The lowest BCUT2D eigenvalue weighted by molar-refractivity contribution is -0.123. The third-order valence-corrected chi connectivity index (χ3v) is 1.35. The van der Waals surface area contributed by atoms with Gasteiger partial charge in [0.05, 0.1) is 25.2 Å². The minimum atomic E-state index is -0.665. The molecule has 12 heavy (non-hydrogen) atoms. The van der Waals surface area contributed by atoms with Crippen molar-refractivity contribution in [3.05, 3.63) is 0 Å². The minimum absolute atomic E-state index is 0.0382. The first-order chi connectivity index (χ1) is 5.60. The molecule has 0 unspecified atom stereocenters. The van der Waals surface area contributed by atoms with Gasteiger partial charge in [-0.1, -0.05) is 0 Å². The lowest BCUT2D eigenvalue weighted by Crippen LogP contribution is -2.43. The molecule has 0 aliphatic rings. The topological polar surface area (TPSA) is 95.6 Å². The van der Waals surface area contributed by atoms with Gasteiger partial charge in [-0.2, -0.15) is 0 Å². The summed E-state index contributed by atoms with van der Waals surface area (Å²) in [7, 11) is 0. The smallest absolute Gasteiger partial charge is 0.222 e. The van der Waals surface area contributed by atoms with Crippen LogP contribution in [0.25, 0.3) is 0 Å². The summed E-state index contributed by atoms with van der Waals surface area (Å²) in [6, 6.07) is -0.406. The third-order valence-electron chi connectivity index (χ3n) is 1.35. The van der Waals surface area contributed by atoms with Crippen molar-refractivity contribution in [2.24, 2.45) is 5.73 Å². The monoisotopic (exact) mass is 176 g/mol. The standard InChI is InChI=1S/C7H16N2O3/c1-5(11)2-7(12)9-6(3-8)4-10/h5-6,10-11H,2-4,8H2,1H3,(H,9,12)/t5-,6+/m1/s1. The lowest BCUT2D eigenvalue weighted by atomic mass is 10.2. The van der Waals surface area contributed by atoms with E-state index in [4.69, 9.17) is 15.9 Å². The van der Waals surface area contributed by atoms with Crippen LogP contribution in [0.2, 0.25) is 0 Å². The van der Waals surface area contributed by atoms with E-state index in [0.29, 0.717) is 0 Å². The molecule has 0 aromatic rings. The molecular weight excluding hydrogens is 160 g/mol. The first-order valence-corrected chi connectivity index (χ1v) is 3.88. The number of aliphatic hydroxyl groups is 2. The maximum Gasteiger partial charge on any atom is 0.222 e. The van der Waals surface area contributed by atoms with E-state index in [0.717, 1.165) is 0 Å². The molecule has 1 amide bonds. The van der Waals surface area contributed by atoms with Crippen molar-refractivity contribution in [2.75, 3.05) is 13.2 Å². The molecule has 5 nitrogen and oxygen atoms in total. The molecule has 0 bridgehead atoms. The van der Waals surface area contributed by atoms with E-state index in [-0.39, 0.29) is 25.5 Å². The highest BCUT2D eigenvalue weighted by molar-refractivity contribution is 5.76. The van der Waals surface area contributed by atoms with Crippen LogP contribution < -0.4 is 11.1 Å². The molecule has 0 heterocycles. The van der Waals surface area contributed by atoms with Gasteiger partial charge in [0, 0.05) is 6.54 Å². The van der Waals surface area contributed by atoms with Gasteiger partial charge in [0.15, 0.2) is 0 Å². The summed E-state index contributed by atoms with van der Waals surface area (Å²) in [5, 5.41) is 20.0. The zero-order valence-electron chi connectivity index (χ0n) is 7.16. The van der Waals surface area contributed by atoms with Crippen molar-refractivity contribution in [2.45, 2.75) is 25.5 Å². The number of carbonyl (C=O) groups is 1. The summed E-state index contributed by atoms with van der Waals surface area (Å²) in [5.74, 6) is -0.297. The molecule has 2 atom stereocenters. The maximum atomic E-state index is 10.9. The lowest BCUT2D eigenvalue weighted by Gasteiger charge is -2.14. The highest BCUT2D eigenvalue weighted by Crippen LogP contribution is 1.89. The highest BCUT2D eigenvalue weighted by Gasteiger charge is 2.10. The molecule has 0 fully saturated rings. The van der Waals surface area contributed by atoms with Gasteiger partial charge in [-0.05, 0) is 6.92 Å². The Balaban J connectivity index is 3.66. The van der Waals surface area contributed by atoms with Crippen LogP contribution in [-0.2, 0) is 4.79 Å². The predicted octanol–water partition coefficient (Wildman–Crippen LogP) is -1.81. The molecule has 0 aromatic carbocycles. The summed E-state index contributed by atoms with van der Waals surface area (Å²) in [6.07, 6.45) is -0.627. The summed E-state index contributed by atoms with van der Waals surface area (Å²) in [5.41, 5.74) is 5.23. The van der Waals surface area contributed by atoms with Crippen molar-refractivity contribution in [1.82, 2.24) is 5.32 Å². The fraction of sp³-hybridized carbons (Fsp3) is 0.857. The number of hydrogen-bond acceptors (Lipinski definition) is 4. The van der Waals surface area contributed by atoms with Crippen molar-refractivity contribution in [1.29, 1.82) is 0 Å². The van der Waals surface area contributed by atoms with Gasteiger partial charge in [0.25, 0.3) is 0 Å². The van der Waals surface area contributed by atoms with Crippen LogP contribution in [0, 0.1) is 0 Å². The highest BCUT2D eigenvalue weighted by atomic mass is 16.3. The molecule has 0 rings (SSSR count). The fourth-order valence-electron chi connectivity index (χ4n) is 0.734. The van der Waals surface area contributed by atoms with E-state index in [9.17, 15) is 4.79 Å². The van der Waals surface area contributed by atoms with Crippen LogP contribution in [0.4, 0.5) is 0 Å². The number of hydrogen-bond donors (Lipinski definition) is 4. The SMILES string of the molecule is C[C@@H](O)CC(=O)N[C@@H](CN)CO. The second-order valence-electron chi connectivity index (χ2n) is 2.74. The quantitative estimate of drug-likeness (QED) is 0.397. The molecule has 0 aliphatic carbocycles. The zero-order chi connectivity index (χ0) is 9.56. The van der Waals surface area contributed by atoms with Crippen molar-refractivity contribution in [3.63, 3.8) is 0 Å². The Morgan fingerprint density at radius 3 is 2.58 bits per heavy atom. The van der Waals surface area contributed by atoms with E-state index < -0.39 is 12.1 Å². The van der Waals surface area contributed by atoms with E-state index >= 15 is 0 Å². The Hall–Kier alpha value is -0.650.